The third kappa shape index (κ3) is 2.65. The molecule has 0 aromatic carbocycles. The van der Waals surface area contributed by atoms with Crippen molar-refractivity contribution in [1.82, 2.24) is 0 Å². The zero-order valence-electron chi connectivity index (χ0n) is 21.7. The molecule has 0 bridgehead atoms. The second-order valence-electron chi connectivity index (χ2n) is 14.7. The van der Waals surface area contributed by atoms with Crippen molar-refractivity contribution in [1.29, 1.82) is 0 Å². The number of fused-ring (bicyclic) bond motifs is 7. The van der Waals surface area contributed by atoms with Crippen LogP contribution >= 0.6 is 0 Å². The minimum Gasteiger partial charge on any atom is -0.393 e. The van der Waals surface area contributed by atoms with Crippen molar-refractivity contribution in [3.63, 3.8) is 0 Å². The lowest BCUT2D eigenvalue weighted by atomic mass is 9.32. The smallest absolute Gasteiger partial charge is 0.0594 e. The molecule has 0 saturated heterocycles. The van der Waals surface area contributed by atoms with Gasteiger partial charge in [0.25, 0.3) is 0 Å². The highest BCUT2D eigenvalue weighted by Gasteiger charge is 2.70. The van der Waals surface area contributed by atoms with Gasteiger partial charge in [0.05, 0.1) is 6.10 Å². The van der Waals surface area contributed by atoms with E-state index in [1.807, 2.05) is 0 Å². The minimum atomic E-state index is -0.118. The highest BCUT2D eigenvalue weighted by molar-refractivity contribution is 5.21. The van der Waals surface area contributed by atoms with Crippen molar-refractivity contribution in [2.45, 2.75) is 119 Å². The molecule has 5 saturated carbocycles. The van der Waals surface area contributed by atoms with Crippen LogP contribution in [0.2, 0.25) is 0 Å². The Morgan fingerprint density at radius 3 is 2.13 bits per heavy atom. The van der Waals surface area contributed by atoms with Gasteiger partial charge in [0, 0.05) is 0 Å². The molecular weight excluding hydrogens is 376 g/mol. The van der Waals surface area contributed by atoms with Gasteiger partial charge >= 0.3 is 0 Å². The highest BCUT2D eigenvalue weighted by atomic mass is 16.3. The Kier molecular flexibility index (Phi) is 4.82. The quantitative estimate of drug-likeness (QED) is 0.421. The molecular formula is C30H50O. The molecule has 5 rings (SSSR count). The standard InChI is InChI=1S/C30H50O/c1-19(2)20-11-14-27(5)17-18-29(7)21(25(20)27)9-10-23-28(6)15-13-24(31)26(3,4)22(28)12-16-30(23,29)8/h20-25,31H,1,9-18H2,2-8H3/t20?,21?,22?,23?,24?,25?,27-,28+,29?,30-/m1/s1. The van der Waals surface area contributed by atoms with Crippen LogP contribution in [0.4, 0.5) is 0 Å². The van der Waals surface area contributed by atoms with Crippen LogP contribution in [0, 0.1) is 56.7 Å². The van der Waals surface area contributed by atoms with Gasteiger partial charge in [-0.05, 0) is 128 Å². The number of hydrogen-bond donors (Lipinski definition) is 1. The summed E-state index contributed by atoms with van der Waals surface area (Å²) in [7, 11) is 0. The van der Waals surface area contributed by atoms with E-state index in [0.29, 0.717) is 27.6 Å². The van der Waals surface area contributed by atoms with Crippen LogP contribution in [-0.2, 0) is 0 Å². The fourth-order valence-electron chi connectivity index (χ4n) is 11.5. The van der Waals surface area contributed by atoms with E-state index in [0.717, 1.165) is 30.1 Å². The van der Waals surface area contributed by atoms with E-state index in [1.54, 1.807) is 0 Å². The topological polar surface area (TPSA) is 20.2 Å². The zero-order valence-corrected chi connectivity index (χ0v) is 21.7. The Labute approximate surface area is 192 Å². The minimum absolute atomic E-state index is 0.0632. The SMILES string of the molecule is C=C(C)C1CC[C@]2(C)CCC3(C)C(CCC4[C@@]5(C)CCC(O)C(C)(C)C5CC[C@]43C)C12. The Morgan fingerprint density at radius 1 is 0.742 bits per heavy atom. The summed E-state index contributed by atoms with van der Waals surface area (Å²) in [5.41, 5.74) is 3.38. The maximum atomic E-state index is 10.9. The third-order valence-corrected chi connectivity index (χ3v) is 13.5. The molecule has 5 aliphatic rings. The average Bonchev–Trinajstić information content (AvgIpc) is 3.04. The molecule has 0 aromatic heterocycles. The predicted molar refractivity (Wildman–Crippen MR) is 131 cm³/mol. The van der Waals surface area contributed by atoms with Crippen molar-refractivity contribution in [2.24, 2.45) is 56.7 Å². The average molecular weight is 427 g/mol. The lowest BCUT2D eigenvalue weighted by Gasteiger charge is -2.73. The van der Waals surface area contributed by atoms with Gasteiger partial charge in [-0.15, -0.1) is 0 Å². The number of rotatable bonds is 1. The van der Waals surface area contributed by atoms with Gasteiger partial charge in [0.2, 0.25) is 0 Å². The first kappa shape index (κ1) is 22.5. The van der Waals surface area contributed by atoms with E-state index in [-0.39, 0.29) is 11.5 Å². The van der Waals surface area contributed by atoms with Crippen LogP contribution in [0.1, 0.15) is 113 Å². The summed E-state index contributed by atoms with van der Waals surface area (Å²) in [6.45, 7) is 22.3. The summed E-state index contributed by atoms with van der Waals surface area (Å²) in [4.78, 5) is 0. The molecule has 5 fully saturated rings. The molecule has 1 N–H and O–H groups in total. The third-order valence-electron chi connectivity index (χ3n) is 13.5. The summed E-state index contributed by atoms with van der Waals surface area (Å²) in [6.07, 6.45) is 13.4. The molecule has 0 amide bonds. The summed E-state index contributed by atoms with van der Waals surface area (Å²) < 4.78 is 0. The van der Waals surface area contributed by atoms with Gasteiger partial charge in [-0.1, -0.05) is 53.7 Å². The predicted octanol–water partition coefficient (Wildman–Crippen LogP) is 8.02. The van der Waals surface area contributed by atoms with E-state index >= 15 is 0 Å². The summed E-state index contributed by atoms with van der Waals surface area (Å²) >= 11 is 0. The molecule has 31 heavy (non-hydrogen) atoms. The molecule has 0 spiro atoms. The highest BCUT2D eigenvalue weighted by Crippen LogP contribution is 2.77. The maximum Gasteiger partial charge on any atom is 0.0594 e. The van der Waals surface area contributed by atoms with Crippen LogP contribution in [0.5, 0.6) is 0 Å². The molecule has 0 aliphatic heterocycles. The van der Waals surface area contributed by atoms with Crippen LogP contribution in [0.25, 0.3) is 0 Å². The van der Waals surface area contributed by atoms with E-state index < -0.39 is 0 Å². The second-order valence-corrected chi connectivity index (χ2v) is 14.7. The van der Waals surface area contributed by atoms with Crippen LogP contribution in [-0.4, -0.2) is 11.2 Å². The summed E-state index contributed by atoms with van der Waals surface area (Å²) in [6, 6.07) is 0. The molecule has 0 radical (unpaired) electrons. The van der Waals surface area contributed by atoms with Crippen molar-refractivity contribution < 1.29 is 5.11 Å². The van der Waals surface area contributed by atoms with E-state index in [1.165, 1.54) is 63.4 Å². The van der Waals surface area contributed by atoms with E-state index in [9.17, 15) is 5.11 Å². The van der Waals surface area contributed by atoms with E-state index in [4.69, 9.17) is 0 Å². The van der Waals surface area contributed by atoms with Crippen LogP contribution in [0.15, 0.2) is 12.2 Å². The van der Waals surface area contributed by atoms with Gasteiger partial charge in [0.15, 0.2) is 0 Å². The lowest BCUT2D eigenvalue weighted by Crippen LogP contribution is -2.66. The Morgan fingerprint density at radius 2 is 1.45 bits per heavy atom. The summed E-state index contributed by atoms with van der Waals surface area (Å²) in [5, 5.41) is 10.9. The van der Waals surface area contributed by atoms with Gasteiger partial charge < -0.3 is 5.11 Å². The fraction of sp³-hybridized carbons (Fsp3) is 0.933. The largest absolute Gasteiger partial charge is 0.393 e. The van der Waals surface area contributed by atoms with Crippen molar-refractivity contribution in [2.75, 3.05) is 0 Å². The van der Waals surface area contributed by atoms with E-state index in [2.05, 4.69) is 55.0 Å². The van der Waals surface area contributed by atoms with Gasteiger partial charge in [-0.2, -0.15) is 0 Å². The summed E-state index contributed by atoms with van der Waals surface area (Å²) in [5.74, 6) is 3.98. The zero-order chi connectivity index (χ0) is 22.6. The van der Waals surface area contributed by atoms with Crippen molar-refractivity contribution >= 4 is 0 Å². The number of hydrogen-bond acceptors (Lipinski definition) is 1. The Balaban J connectivity index is 1.54. The molecule has 5 aliphatic carbocycles. The number of aliphatic hydroxyl groups is 1. The molecule has 1 heteroatoms. The normalized spacial score (nSPS) is 57.9. The van der Waals surface area contributed by atoms with Gasteiger partial charge in [-0.3, -0.25) is 0 Å². The molecule has 0 aromatic rings. The lowest BCUT2D eigenvalue weighted by molar-refractivity contribution is -0.246. The second kappa shape index (κ2) is 6.64. The van der Waals surface area contributed by atoms with Crippen LogP contribution in [0.3, 0.4) is 0 Å². The number of allylic oxidation sites excluding steroid dienone is 1. The monoisotopic (exact) mass is 426 g/mol. The van der Waals surface area contributed by atoms with Crippen molar-refractivity contribution in [3.8, 4) is 0 Å². The molecule has 7 unspecified atom stereocenters. The maximum absolute atomic E-state index is 10.9. The Bertz CT molecular complexity index is 766. The fourth-order valence-corrected chi connectivity index (χ4v) is 11.5. The first-order valence-electron chi connectivity index (χ1n) is 13.6. The Hall–Kier alpha value is -0.300. The van der Waals surface area contributed by atoms with Gasteiger partial charge in [-0.25, -0.2) is 0 Å². The van der Waals surface area contributed by atoms with Gasteiger partial charge in [0.1, 0.15) is 0 Å². The first-order valence-corrected chi connectivity index (χ1v) is 13.6. The molecule has 176 valence electrons. The number of aliphatic hydroxyl groups excluding tert-OH is 1. The molecule has 0 heterocycles. The van der Waals surface area contributed by atoms with Crippen molar-refractivity contribution in [3.05, 3.63) is 12.2 Å². The molecule has 1 nitrogen and oxygen atoms in total. The first-order chi connectivity index (χ1) is 14.3. The molecule has 10 atom stereocenters. The van der Waals surface area contributed by atoms with Crippen LogP contribution < -0.4 is 0 Å².